The van der Waals surface area contributed by atoms with Gasteiger partial charge in [-0.2, -0.15) is 0 Å². The molecule has 3 aromatic rings. The number of ether oxygens (including phenoxy) is 1. The van der Waals surface area contributed by atoms with Gasteiger partial charge in [-0.3, -0.25) is 4.79 Å². The molecule has 6 heteroatoms. The number of aliphatic hydroxyl groups excluding tert-OH is 2. The molecular weight excluding hydrogens is 595 g/mol. The standard InChI is InChI=1S/C22H22NO2.C5H8O2.Ir/c1-14-9-15(2)22(16(3)10-14)20-12-18(25-4)5-6-19(20)21-11-17(13-24)7-8-23-21;1-4(6)3-5(2)7;/h5,7-12,24H,13H2,1-4H3;3,6H,1-2H3;/q-1;;/b;4-3-;. The number of aromatic nitrogens is 1. The summed E-state index contributed by atoms with van der Waals surface area (Å²) in [5, 5.41) is 17.8. The topological polar surface area (TPSA) is 79.7 Å². The number of aryl methyl sites for hydroxylation is 3. The number of benzene rings is 2. The molecule has 1 heterocycles. The fourth-order valence-corrected chi connectivity index (χ4v) is 3.61. The van der Waals surface area contributed by atoms with Crippen LogP contribution in [0.25, 0.3) is 22.4 Å². The van der Waals surface area contributed by atoms with E-state index in [-0.39, 0.29) is 38.3 Å². The van der Waals surface area contributed by atoms with E-state index in [0.717, 1.165) is 28.1 Å². The van der Waals surface area contributed by atoms with Gasteiger partial charge in [0.25, 0.3) is 0 Å². The summed E-state index contributed by atoms with van der Waals surface area (Å²) >= 11 is 0. The SMILES string of the molecule is CC(=O)/C=C(/C)O.COc1c[c-]c(-c2cc(CO)ccn2)c(-c2c(C)cc(C)cc2C)c1.[Ir]. The maximum atomic E-state index is 10.0. The monoisotopic (exact) mass is 625 g/mol. The normalized spacial score (nSPS) is 10.6. The number of ketones is 1. The molecule has 0 bridgehead atoms. The molecule has 2 N–H and O–H groups in total. The minimum absolute atomic E-state index is 0. The summed E-state index contributed by atoms with van der Waals surface area (Å²) in [7, 11) is 1.66. The van der Waals surface area contributed by atoms with E-state index in [2.05, 4.69) is 44.0 Å². The van der Waals surface area contributed by atoms with E-state index in [1.807, 2.05) is 24.3 Å². The van der Waals surface area contributed by atoms with Crippen molar-refractivity contribution in [3.63, 3.8) is 0 Å². The van der Waals surface area contributed by atoms with Crippen LogP contribution >= 0.6 is 0 Å². The maximum Gasteiger partial charge on any atom is 0.155 e. The summed E-state index contributed by atoms with van der Waals surface area (Å²) in [5.74, 6) is 0.698. The Labute approximate surface area is 209 Å². The third-order valence-electron chi connectivity index (χ3n) is 4.77. The van der Waals surface area contributed by atoms with Gasteiger partial charge in [-0.15, -0.1) is 17.7 Å². The van der Waals surface area contributed by atoms with Crippen molar-refractivity contribution < 1.29 is 39.8 Å². The number of carbonyl (C=O) groups excluding carboxylic acids is 1. The zero-order valence-electron chi connectivity index (χ0n) is 19.8. The Morgan fingerprint density at radius 3 is 2.24 bits per heavy atom. The predicted molar refractivity (Wildman–Crippen MR) is 128 cm³/mol. The van der Waals surface area contributed by atoms with Crippen molar-refractivity contribution in [3.8, 4) is 28.1 Å². The zero-order chi connectivity index (χ0) is 23.8. The van der Waals surface area contributed by atoms with Crippen LogP contribution in [-0.4, -0.2) is 28.1 Å². The van der Waals surface area contributed by atoms with E-state index in [0.29, 0.717) is 0 Å². The summed E-state index contributed by atoms with van der Waals surface area (Å²) in [4.78, 5) is 14.5. The number of hydrogen-bond donors (Lipinski definition) is 2. The molecule has 0 aliphatic rings. The number of aliphatic hydroxyl groups is 2. The summed E-state index contributed by atoms with van der Waals surface area (Å²) in [6, 6.07) is 15.3. The first-order valence-corrected chi connectivity index (χ1v) is 10.3. The van der Waals surface area contributed by atoms with E-state index >= 15 is 0 Å². The Bertz CT molecular complexity index is 1110. The minimum atomic E-state index is -0.125. The molecule has 0 aliphatic heterocycles. The van der Waals surface area contributed by atoms with E-state index in [1.165, 1.54) is 42.2 Å². The van der Waals surface area contributed by atoms with Crippen LogP contribution in [0.2, 0.25) is 0 Å². The number of rotatable bonds is 5. The molecule has 5 nitrogen and oxygen atoms in total. The molecule has 0 fully saturated rings. The average molecular weight is 625 g/mol. The van der Waals surface area contributed by atoms with Crippen molar-refractivity contribution in [2.45, 2.75) is 41.2 Å². The van der Waals surface area contributed by atoms with Gasteiger partial charge in [-0.05, 0) is 51.9 Å². The van der Waals surface area contributed by atoms with Crippen molar-refractivity contribution in [2.24, 2.45) is 0 Å². The number of carbonyl (C=O) groups is 1. The van der Waals surface area contributed by atoms with Crippen LogP contribution in [0.5, 0.6) is 5.75 Å². The molecule has 3 rings (SSSR count). The smallest absolute Gasteiger partial charge is 0.155 e. The van der Waals surface area contributed by atoms with Gasteiger partial charge in [-0.25, -0.2) is 0 Å². The van der Waals surface area contributed by atoms with Crippen LogP contribution in [0.1, 0.15) is 36.1 Å². The van der Waals surface area contributed by atoms with Gasteiger partial charge in [0.15, 0.2) is 5.78 Å². The molecule has 0 amide bonds. The summed E-state index contributed by atoms with van der Waals surface area (Å²) in [6.45, 7) is 9.19. The Balaban J connectivity index is 0.000000595. The second-order valence-corrected chi connectivity index (χ2v) is 7.71. The predicted octanol–water partition coefficient (Wildman–Crippen LogP) is 5.68. The molecular formula is C27H30IrNO4-. The van der Waals surface area contributed by atoms with Crippen LogP contribution < -0.4 is 4.74 Å². The Morgan fingerprint density at radius 2 is 1.76 bits per heavy atom. The number of methoxy groups -OCH3 is 1. The number of hydrogen-bond acceptors (Lipinski definition) is 5. The third kappa shape index (κ3) is 7.93. The van der Waals surface area contributed by atoms with Gasteiger partial charge in [0.2, 0.25) is 0 Å². The van der Waals surface area contributed by atoms with Crippen molar-refractivity contribution in [3.05, 3.63) is 82.8 Å². The van der Waals surface area contributed by atoms with E-state index in [4.69, 9.17) is 9.84 Å². The fraction of sp³-hybridized carbons (Fsp3) is 0.259. The summed E-state index contributed by atoms with van der Waals surface area (Å²) < 4.78 is 5.42. The van der Waals surface area contributed by atoms with E-state index < -0.39 is 0 Å². The van der Waals surface area contributed by atoms with Crippen LogP contribution in [0, 0.1) is 26.8 Å². The van der Waals surface area contributed by atoms with Gasteiger partial charge < -0.3 is 19.9 Å². The second kappa shape index (κ2) is 13.0. The van der Waals surface area contributed by atoms with Crippen molar-refractivity contribution in [2.75, 3.05) is 7.11 Å². The third-order valence-corrected chi connectivity index (χ3v) is 4.77. The molecule has 177 valence electrons. The first-order chi connectivity index (χ1) is 15.2. The molecule has 0 saturated heterocycles. The largest absolute Gasteiger partial charge is 0.540 e. The molecule has 0 atom stereocenters. The molecule has 0 unspecified atom stereocenters. The van der Waals surface area contributed by atoms with Gasteiger partial charge in [0.1, 0.15) is 0 Å². The van der Waals surface area contributed by atoms with Gasteiger partial charge in [0.05, 0.1) is 19.5 Å². The molecule has 0 saturated carbocycles. The van der Waals surface area contributed by atoms with Crippen molar-refractivity contribution in [1.82, 2.24) is 4.98 Å². The quantitative estimate of drug-likeness (QED) is 0.217. The Kier molecular flexibility index (Phi) is 11.2. The van der Waals surface area contributed by atoms with E-state index in [9.17, 15) is 9.90 Å². The molecule has 1 aromatic heterocycles. The van der Waals surface area contributed by atoms with Crippen LogP contribution in [0.15, 0.2) is 54.4 Å². The Morgan fingerprint density at radius 1 is 1.12 bits per heavy atom. The number of pyridine rings is 1. The molecule has 0 aliphatic carbocycles. The van der Waals surface area contributed by atoms with Crippen molar-refractivity contribution >= 4 is 5.78 Å². The average Bonchev–Trinajstić information content (AvgIpc) is 2.72. The molecule has 0 spiro atoms. The first-order valence-electron chi connectivity index (χ1n) is 10.3. The van der Waals surface area contributed by atoms with Gasteiger partial charge >= 0.3 is 0 Å². The molecule has 2 aromatic carbocycles. The number of nitrogens with zero attached hydrogens (tertiary/aromatic N) is 1. The maximum absolute atomic E-state index is 10.0. The zero-order valence-corrected chi connectivity index (χ0v) is 22.2. The van der Waals surface area contributed by atoms with E-state index in [1.54, 1.807) is 13.3 Å². The number of allylic oxidation sites excluding steroid dienone is 2. The van der Waals surface area contributed by atoms with Crippen LogP contribution in [0.3, 0.4) is 0 Å². The van der Waals surface area contributed by atoms with Crippen LogP contribution in [0.4, 0.5) is 0 Å². The van der Waals surface area contributed by atoms with Crippen molar-refractivity contribution in [1.29, 1.82) is 0 Å². The minimum Gasteiger partial charge on any atom is -0.540 e. The molecule has 33 heavy (non-hydrogen) atoms. The fourth-order valence-electron chi connectivity index (χ4n) is 3.61. The van der Waals surface area contributed by atoms with Crippen LogP contribution in [-0.2, 0) is 31.5 Å². The molecule has 1 radical (unpaired) electrons. The Hall–Kier alpha value is -2.79. The first kappa shape index (κ1) is 28.2. The second-order valence-electron chi connectivity index (χ2n) is 7.71. The summed E-state index contributed by atoms with van der Waals surface area (Å²) in [6.07, 6.45) is 2.89. The summed E-state index contributed by atoms with van der Waals surface area (Å²) in [5.41, 5.74) is 8.40. The van der Waals surface area contributed by atoms with Gasteiger partial charge in [-0.1, -0.05) is 52.1 Å². The van der Waals surface area contributed by atoms with Gasteiger partial charge in [0, 0.05) is 38.1 Å².